The predicted octanol–water partition coefficient (Wildman–Crippen LogP) is 3.28. The van der Waals surface area contributed by atoms with Crippen LogP contribution in [0.15, 0.2) is 51.7 Å². The molecule has 1 aromatic heterocycles. The Balaban J connectivity index is 1.89. The van der Waals surface area contributed by atoms with Crippen molar-refractivity contribution in [1.82, 2.24) is 10.3 Å². The van der Waals surface area contributed by atoms with Crippen LogP contribution >= 0.6 is 11.6 Å². The summed E-state index contributed by atoms with van der Waals surface area (Å²) >= 11 is 5.91. The molecule has 2 N–H and O–H groups in total. The van der Waals surface area contributed by atoms with E-state index in [4.69, 9.17) is 16.0 Å². The highest BCUT2D eigenvalue weighted by atomic mass is 35.5. The molecule has 4 nitrogen and oxygen atoms in total. The summed E-state index contributed by atoms with van der Waals surface area (Å²) in [7, 11) is 1.91. The average molecular weight is 303 g/mol. The van der Waals surface area contributed by atoms with Gasteiger partial charge in [0.1, 0.15) is 0 Å². The molecule has 0 aliphatic heterocycles. The van der Waals surface area contributed by atoms with E-state index < -0.39 is 5.76 Å². The Hall–Kier alpha value is -2.04. The van der Waals surface area contributed by atoms with Gasteiger partial charge in [-0.25, -0.2) is 4.79 Å². The van der Waals surface area contributed by atoms with Crippen molar-refractivity contribution in [2.45, 2.75) is 12.5 Å². The van der Waals surface area contributed by atoms with Gasteiger partial charge in [0.2, 0.25) is 0 Å². The van der Waals surface area contributed by atoms with Gasteiger partial charge in [-0.2, -0.15) is 0 Å². The molecular formula is C16H15ClN2O2. The number of aromatic nitrogens is 1. The largest absolute Gasteiger partial charge is 0.417 e. The lowest BCUT2D eigenvalue weighted by molar-refractivity contribution is 0.552. The van der Waals surface area contributed by atoms with Crippen LogP contribution in [0.25, 0.3) is 11.1 Å². The zero-order valence-corrected chi connectivity index (χ0v) is 12.3. The highest BCUT2D eigenvalue weighted by Crippen LogP contribution is 2.22. The first-order valence-corrected chi connectivity index (χ1v) is 7.08. The summed E-state index contributed by atoms with van der Waals surface area (Å²) in [6, 6.07) is 13.7. The van der Waals surface area contributed by atoms with Crippen molar-refractivity contribution in [3.63, 3.8) is 0 Å². The normalized spacial score (nSPS) is 12.7. The van der Waals surface area contributed by atoms with Crippen molar-refractivity contribution < 1.29 is 4.42 Å². The van der Waals surface area contributed by atoms with E-state index in [2.05, 4.69) is 10.3 Å². The van der Waals surface area contributed by atoms with E-state index in [9.17, 15) is 4.79 Å². The molecule has 1 atom stereocenters. The quantitative estimate of drug-likeness (QED) is 0.777. The Bertz CT molecular complexity index is 805. The molecule has 0 saturated carbocycles. The number of oxazole rings is 1. The molecule has 108 valence electrons. The van der Waals surface area contributed by atoms with Crippen LogP contribution in [-0.2, 0) is 6.42 Å². The van der Waals surface area contributed by atoms with Gasteiger partial charge in [0.15, 0.2) is 5.58 Å². The van der Waals surface area contributed by atoms with Crippen LogP contribution in [0, 0.1) is 0 Å². The Morgan fingerprint density at radius 2 is 2.00 bits per heavy atom. The Kier molecular flexibility index (Phi) is 3.82. The van der Waals surface area contributed by atoms with E-state index in [0.29, 0.717) is 11.1 Å². The van der Waals surface area contributed by atoms with Crippen LogP contribution in [0.1, 0.15) is 17.2 Å². The van der Waals surface area contributed by atoms with Crippen molar-refractivity contribution in [2.75, 3.05) is 7.05 Å². The van der Waals surface area contributed by atoms with Crippen LogP contribution in [0.2, 0.25) is 5.02 Å². The van der Waals surface area contributed by atoms with E-state index in [0.717, 1.165) is 17.0 Å². The molecule has 21 heavy (non-hydrogen) atoms. The molecular weight excluding hydrogens is 288 g/mol. The van der Waals surface area contributed by atoms with Gasteiger partial charge >= 0.3 is 5.76 Å². The van der Waals surface area contributed by atoms with Crippen molar-refractivity contribution >= 4 is 22.7 Å². The van der Waals surface area contributed by atoms with E-state index in [-0.39, 0.29) is 6.04 Å². The number of rotatable bonds is 4. The smallest absolute Gasteiger partial charge is 0.408 e. The summed E-state index contributed by atoms with van der Waals surface area (Å²) in [5.41, 5.74) is 3.55. The number of hydrogen-bond acceptors (Lipinski definition) is 3. The lowest BCUT2D eigenvalue weighted by Gasteiger charge is -2.16. The van der Waals surface area contributed by atoms with Gasteiger partial charge in [0.05, 0.1) is 5.52 Å². The molecule has 0 bridgehead atoms. The number of aromatic amines is 1. The lowest BCUT2D eigenvalue weighted by Crippen LogP contribution is -2.18. The summed E-state index contributed by atoms with van der Waals surface area (Å²) < 4.78 is 5.11. The molecule has 0 radical (unpaired) electrons. The Morgan fingerprint density at radius 1 is 1.24 bits per heavy atom. The lowest BCUT2D eigenvalue weighted by atomic mass is 9.99. The molecule has 0 aliphatic carbocycles. The standard InChI is InChI=1S/C16H15ClN2O2/c1-18-14(8-10-2-5-12(17)6-3-10)11-4-7-13-15(9-11)21-16(20)19-13/h2-7,9,14,18H,8H2,1H3,(H,19,20). The van der Waals surface area contributed by atoms with Gasteiger partial charge in [-0.05, 0) is 48.9 Å². The molecule has 2 aromatic carbocycles. The molecule has 3 aromatic rings. The van der Waals surface area contributed by atoms with Crippen LogP contribution < -0.4 is 11.1 Å². The number of fused-ring (bicyclic) bond motifs is 1. The SMILES string of the molecule is CNC(Cc1ccc(Cl)cc1)c1ccc2[nH]c(=O)oc2c1. The molecule has 0 fully saturated rings. The fraction of sp³-hybridized carbons (Fsp3) is 0.188. The molecule has 0 saturated heterocycles. The Morgan fingerprint density at radius 3 is 2.71 bits per heavy atom. The molecule has 1 unspecified atom stereocenters. The fourth-order valence-corrected chi connectivity index (χ4v) is 2.55. The fourth-order valence-electron chi connectivity index (χ4n) is 2.42. The van der Waals surface area contributed by atoms with Crippen LogP contribution in [0.5, 0.6) is 0 Å². The number of nitrogens with one attached hydrogen (secondary N) is 2. The molecule has 5 heteroatoms. The maximum absolute atomic E-state index is 11.2. The van der Waals surface area contributed by atoms with Crippen molar-refractivity contribution in [3.8, 4) is 0 Å². The summed E-state index contributed by atoms with van der Waals surface area (Å²) in [4.78, 5) is 13.9. The van der Waals surface area contributed by atoms with E-state index in [1.807, 2.05) is 49.5 Å². The highest BCUT2D eigenvalue weighted by molar-refractivity contribution is 6.30. The third-order valence-corrected chi connectivity index (χ3v) is 3.80. The number of benzene rings is 2. The number of H-pyrrole nitrogens is 1. The minimum absolute atomic E-state index is 0.135. The Labute approximate surface area is 126 Å². The van der Waals surface area contributed by atoms with Gasteiger partial charge in [-0.3, -0.25) is 4.98 Å². The van der Waals surface area contributed by atoms with E-state index in [1.165, 1.54) is 5.56 Å². The van der Waals surface area contributed by atoms with Crippen molar-refractivity contribution in [2.24, 2.45) is 0 Å². The summed E-state index contributed by atoms with van der Waals surface area (Å²) in [5.74, 6) is -0.430. The van der Waals surface area contributed by atoms with Crippen molar-refractivity contribution in [3.05, 3.63) is 69.2 Å². The average Bonchev–Trinajstić information content (AvgIpc) is 2.85. The first-order valence-electron chi connectivity index (χ1n) is 6.70. The third-order valence-electron chi connectivity index (χ3n) is 3.55. The molecule has 0 spiro atoms. The molecule has 1 heterocycles. The molecule has 0 aliphatic rings. The second kappa shape index (κ2) is 5.76. The van der Waals surface area contributed by atoms with Gasteiger partial charge in [-0.15, -0.1) is 0 Å². The summed E-state index contributed by atoms with van der Waals surface area (Å²) in [6.45, 7) is 0. The van der Waals surface area contributed by atoms with Gasteiger partial charge in [0.25, 0.3) is 0 Å². The first kappa shape index (κ1) is 13.9. The first-order chi connectivity index (χ1) is 10.2. The van der Waals surface area contributed by atoms with Gasteiger partial charge in [0, 0.05) is 11.1 Å². The second-order valence-corrected chi connectivity index (χ2v) is 5.38. The maximum atomic E-state index is 11.2. The zero-order valence-electron chi connectivity index (χ0n) is 11.5. The molecule has 0 amide bonds. The third kappa shape index (κ3) is 3.01. The topological polar surface area (TPSA) is 58.0 Å². The van der Waals surface area contributed by atoms with Crippen molar-refractivity contribution in [1.29, 1.82) is 0 Å². The number of likely N-dealkylation sites (N-methyl/N-ethyl adjacent to an activating group) is 1. The van der Waals surface area contributed by atoms with Crippen LogP contribution in [-0.4, -0.2) is 12.0 Å². The number of halogens is 1. The highest BCUT2D eigenvalue weighted by Gasteiger charge is 2.12. The van der Waals surface area contributed by atoms with E-state index >= 15 is 0 Å². The summed E-state index contributed by atoms with van der Waals surface area (Å²) in [5, 5.41) is 4.02. The van der Waals surface area contributed by atoms with Crippen LogP contribution in [0.3, 0.4) is 0 Å². The number of hydrogen-bond donors (Lipinski definition) is 2. The van der Waals surface area contributed by atoms with Gasteiger partial charge in [-0.1, -0.05) is 29.8 Å². The molecule has 3 rings (SSSR count). The predicted molar refractivity (Wildman–Crippen MR) is 83.8 cm³/mol. The maximum Gasteiger partial charge on any atom is 0.417 e. The monoisotopic (exact) mass is 302 g/mol. The zero-order chi connectivity index (χ0) is 14.8. The second-order valence-electron chi connectivity index (χ2n) is 4.94. The van der Waals surface area contributed by atoms with Crippen LogP contribution in [0.4, 0.5) is 0 Å². The minimum atomic E-state index is -0.430. The summed E-state index contributed by atoms with van der Waals surface area (Å²) in [6.07, 6.45) is 0.827. The minimum Gasteiger partial charge on any atom is -0.408 e. The van der Waals surface area contributed by atoms with Gasteiger partial charge < -0.3 is 9.73 Å². The van der Waals surface area contributed by atoms with E-state index in [1.54, 1.807) is 0 Å².